The van der Waals surface area contributed by atoms with Crippen molar-refractivity contribution >= 4 is 0 Å². The van der Waals surface area contributed by atoms with Crippen LogP contribution in [0, 0.1) is 23.7 Å². The summed E-state index contributed by atoms with van der Waals surface area (Å²) in [5.74, 6) is 3.39. The topological polar surface area (TPSA) is 19.4 Å². The van der Waals surface area contributed by atoms with E-state index in [9.17, 15) is 0 Å². The van der Waals surface area contributed by atoms with E-state index in [2.05, 4.69) is 98.9 Å². The fourth-order valence-electron chi connectivity index (χ4n) is 6.34. The lowest BCUT2D eigenvalue weighted by atomic mass is 10.1. The van der Waals surface area contributed by atoms with Crippen LogP contribution in [0.2, 0.25) is 0 Å². The van der Waals surface area contributed by atoms with Crippen molar-refractivity contribution in [3.05, 3.63) is 0 Å². The van der Waals surface area contributed by atoms with Gasteiger partial charge in [0, 0.05) is 65.4 Å². The lowest BCUT2D eigenvalue weighted by Gasteiger charge is -2.33. The molecule has 0 aromatic rings. The van der Waals surface area contributed by atoms with Crippen molar-refractivity contribution in [3.8, 4) is 0 Å². The van der Waals surface area contributed by atoms with Crippen LogP contribution < -0.4 is 0 Å². The zero-order valence-corrected chi connectivity index (χ0v) is 32.0. The van der Waals surface area contributed by atoms with Crippen molar-refractivity contribution in [2.45, 2.75) is 114 Å². The first-order chi connectivity index (χ1) is 20.9. The van der Waals surface area contributed by atoms with Crippen LogP contribution in [0.5, 0.6) is 0 Å². The molecule has 0 bridgehead atoms. The van der Waals surface area contributed by atoms with Crippen LogP contribution >= 0.6 is 0 Å². The van der Waals surface area contributed by atoms with E-state index in [1.54, 1.807) is 0 Å². The number of hydrogen-bond donors (Lipinski definition) is 0. The summed E-state index contributed by atoms with van der Waals surface area (Å²) in [4.78, 5) is 15.2. The first-order valence-corrected chi connectivity index (χ1v) is 19.2. The van der Waals surface area contributed by atoms with E-state index in [0.717, 1.165) is 23.7 Å². The molecule has 0 aromatic carbocycles. The summed E-state index contributed by atoms with van der Waals surface area (Å²) < 4.78 is 0. The smallest absolute Gasteiger partial charge is 0.0110 e. The third kappa shape index (κ3) is 26.4. The van der Waals surface area contributed by atoms with Gasteiger partial charge in [-0.1, -0.05) is 75.7 Å². The molecule has 4 heterocycles. The first kappa shape index (κ1) is 44.8. The number of hydrogen-bond acceptors (Lipinski definition) is 6. The number of likely N-dealkylation sites (tertiary alicyclic amines) is 2. The van der Waals surface area contributed by atoms with E-state index < -0.39 is 0 Å². The van der Waals surface area contributed by atoms with Gasteiger partial charge in [-0.2, -0.15) is 0 Å². The van der Waals surface area contributed by atoms with Gasteiger partial charge in [-0.15, -0.1) is 0 Å². The van der Waals surface area contributed by atoms with E-state index in [0.29, 0.717) is 0 Å². The Hall–Kier alpha value is -0.240. The summed E-state index contributed by atoms with van der Waals surface area (Å²) >= 11 is 0. The Balaban J connectivity index is 0.000000570. The minimum absolute atomic E-state index is 0. The van der Waals surface area contributed by atoms with Gasteiger partial charge in [0.2, 0.25) is 0 Å². The average Bonchev–Trinajstić information content (AvgIpc) is 2.98. The molecule has 4 aliphatic rings. The maximum atomic E-state index is 2.61. The summed E-state index contributed by atoms with van der Waals surface area (Å²) in [6, 6.07) is 0. The summed E-state index contributed by atoms with van der Waals surface area (Å²) in [7, 11) is 4.41. The zero-order chi connectivity index (χ0) is 32.7. The van der Waals surface area contributed by atoms with Gasteiger partial charge in [0.25, 0.3) is 0 Å². The van der Waals surface area contributed by atoms with Crippen molar-refractivity contribution in [2.75, 3.05) is 119 Å². The standard InChI is InChI=1S/C10H22N2.C10H21N.C9H20N2.C9H19N.CH4/c1-10(2)4-5-12-8-6-11(3)7-9-12;1-10(2)6-9-11-7-4-3-5-8-11;1-9(2)8-11-6-4-10(3)5-7-11;1-9(2)8-10-6-4-3-5-7-10;/h10H,4-9H2,1-3H3;10H,3-9H2,1-2H3;9H,4-8H2,1-3H3;9H,3-8H2,1-2H3;1H4. The third-order valence-electron chi connectivity index (χ3n) is 9.38. The van der Waals surface area contributed by atoms with Gasteiger partial charge in [0.15, 0.2) is 0 Å². The summed E-state index contributed by atoms with van der Waals surface area (Å²) in [6.45, 7) is 39.0. The quantitative estimate of drug-likeness (QED) is 0.246. The average molecular weight is 639 g/mol. The molecular weight excluding hydrogens is 552 g/mol. The molecular formula is C39H86N6. The van der Waals surface area contributed by atoms with Crippen LogP contribution in [0.3, 0.4) is 0 Å². The Kier molecular flexibility index (Phi) is 27.5. The number of piperazine rings is 2. The van der Waals surface area contributed by atoms with E-state index in [1.807, 2.05) is 0 Å². The van der Waals surface area contributed by atoms with Gasteiger partial charge in [-0.25, -0.2) is 0 Å². The highest BCUT2D eigenvalue weighted by molar-refractivity contribution is 4.71. The summed E-state index contributed by atoms with van der Waals surface area (Å²) in [6.07, 6.45) is 11.3. The monoisotopic (exact) mass is 639 g/mol. The fourth-order valence-corrected chi connectivity index (χ4v) is 6.34. The number of rotatable bonds is 10. The molecule has 0 spiro atoms. The van der Waals surface area contributed by atoms with Crippen LogP contribution in [0.4, 0.5) is 0 Å². The fraction of sp³-hybridized carbons (Fsp3) is 1.00. The molecule has 6 heteroatoms. The minimum atomic E-state index is 0. The molecule has 0 aliphatic carbocycles. The van der Waals surface area contributed by atoms with Crippen LogP contribution in [0.15, 0.2) is 0 Å². The minimum Gasteiger partial charge on any atom is -0.304 e. The maximum Gasteiger partial charge on any atom is 0.0110 e. The molecule has 0 saturated carbocycles. The van der Waals surface area contributed by atoms with E-state index in [-0.39, 0.29) is 7.43 Å². The van der Waals surface area contributed by atoms with Crippen LogP contribution in [-0.2, 0) is 0 Å². The number of piperidine rings is 2. The molecule has 4 saturated heterocycles. The largest absolute Gasteiger partial charge is 0.304 e. The Labute approximate surface area is 285 Å². The molecule has 272 valence electrons. The molecule has 0 N–H and O–H groups in total. The maximum absolute atomic E-state index is 2.61. The second-order valence-electron chi connectivity index (χ2n) is 16.2. The Morgan fingerprint density at radius 2 is 0.644 bits per heavy atom. The lowest BCUT2D eigenvalue weighted by Crippen LogP contribution is -2.45. The van der Waals surface area contributed by atoms with E-state index in [4.69, 9.17) is 0 Å². The molecule has 4 rings (SSSR count). The third-order valence-corrected chi connectivity index (χ3v) is 9.38. The molecule has 6 nitrogen and oxygen atoms in total. The molecule has 0 unspecified atom stereocenters. The second kappa shape index (κ2) is 27.7. The van der Waals surface area contributed by atoms with E-state index >= 15 is 0 Å². The summed E-state index contributed by atoms with van der Waals surface area (Å²) in [5, 5.41) is 0. The highest BCUT2D eigenvalue weighted by atomic mass is 15.2. The predicted octanol–water partition coefficient (Wildman–Crippen LogP) is 7.45. The summed E-state index contributed by atoms with van der Waals surface area (Å²) in [5.41, 5.74) is 0. The lowest BCUT2D eigenvalue weighted by molar-refractivity contribution is 0.141. The number of nitrogens with zero attached hydrogens (tertiary/aromatic N) is 6. The predicted molar refractivity (Wildman–Crippen MR) is 204 cm³/mol. The molecule has 0 aromatic heterocycles. The molecule has 0 atom stereocenters. The van der Waals surface area contributed by atoms with E-state index in [1.165, 1.54) is 156 Å². The van der Waals surface area contributed by atoms with Crippen molar-refractivity contribution in [1.82, 2.24) is 29.4 Å². The van der Waals surface area contributed by atoms with Gasteiger partial charge in [-0.3, -0.25) is 0 Å². The van der Waals surface area contributed by atoms with Gasteiger partial charge in [0.05, 0.1) is 0 Å². The molecule has 0 radical (unpaired) electrons. The van der Waals surface area contributed by atoms with Crippen molar-refractivity contribution in [1.29, 1.82) is 0 Å². The Morgan fingerprint density at radius 1 is 0.356 bits per heavy atom. The SMILES string of the molecule is C.CC(C)CCN1CCCCC1.CC(C)CCN1CCN(C)CC1.CC(C)CN1CCCCC1.CC(C)CN1CCN(C)CC1. The van der Waals surface area contributed by atoms with Gasteiger partial charge in [-0.05, 0) is 116 Å². The first-order valence-electron chi connectivity index (χ1n) is 19.2. The van der Waals surface area contributed by atoms with Gasteiger partial charge < -0.3 is 29.4 Å². The zero-order valence-electron chi connectivity index (χ0n) is 32.0. The van der Waals surface area contributed by atoms with Crippen molar-refractivity contribution in [3.63, 3.8) is 0 Å². The Bertz CT molecular complexity index is 611. The Morgan fingerprint density at radius 3 is 0.978 bits per heavy atom. The number of likely N-dealkylation sites (N-methyl/N-ethyl adjacent to an activating group) is 2. The van der Waals surface area contributed by atoms with Crippen LogP contribution in [-0.4, -0.2) is 148 Å². The van der Waals surface area contributed by atoms with Crippen molar-refractivity contribution in [2.24, 2.45) is 23.7 Å². The van der Waals surface area contributed by atoms with Crippen LogP contribution in [0.1, 0.15) is 114 Å². The van der Waals surface area contributed by atoms with Gasteiger partial charge >= 0.3 is 0 Å². The molecule has 4 aliphatic heterocycles. The molecule has 0 amide bonds. The van der Waals surface area contributed by atoms with Gasteiger partial charge in [0.1, 0.15) is 0 Å². The highest BCUT2D eigenvalue weighted by Crippen LogP contribution is 2.11. The van der Waals surface area contributed by atoms with Crippen molar-refractivity contribution < 1.29 is 0 Å². The van der Waals surface area contributed by atoms with Crippen LogP contribution in [0.25, 0.3) is 0 Å². The molecule has 45 heavy (non-hydrogen) atoms. The highest BCUT2D eigenvalue weighted by Gasteiger charge is 2.15. The normalized spacial score (nSPS) is 21.5. The molecule has 4 fully saturated rings. The second-order valence-corrected chi connectivity index (χ2v) is 16.2.